The molecular formula is C53H37BN2O. The zero-order valence-corrected chi connectivity index (χ0v) is 31.8. The second kappa shape index (κ2) is 12.0. The number of fused-ring (bicyclic) bond motifs is 10. The summed E-state index contributed by atoms with van der Waals surface area (Å²) in [5.41, 5.74) is 17.5. The molecule has 4 heteroatoms. The van der Waals surface area contributed by atoms with Crippen molar-refractivity contribution in [1.29, 1.82) is 0 Å². The summed E-state index contributed by atoms with van der Waals surface area (Å²) < 4.78 is 6.54. The Kier molecular flexibility index (Phi) is 6.77. The van der Waals surface area contributed by atoms with Crippen LogP contribution in [0.3, 0.4) is 0 Å². The Morgan fingerprint density at radius 2 is 1.23 bits per heavy atom. The molecule has 0 aliphatic carbocycles. The molecule has 9 aromatic carbocycles. The molecule has 0 saturated heterocycles. The van der Waals surface area contributed by atoms with E-state index in [2.05, 4.69) is 188 Å². The van der Waals surface area contributed by atoms with Crippen LogP contribution in [0.15, 0.2) is 180 Å². The molecule has 0 spiro atoms. The Bertz CT molecular complexity index is 3290. The van der Waals surface area contributed by atoms with Crippen LogP contribution in [0.1, 0.15) is 25.0 Å². The molecule has 2 aliphatic heterocycles. The number of furan rings is 1. The lowest BCUT2D eigenvalue weighted by Crippen LogP contribution is -2.45. The molecule has 0 atom stereocenters. The molecule has 0 saturated carbocycles. The van der Waals surface area contributed by atoms with E-state index in [1.54, 1.807) is 0 Å². The molecule has 57 heavy (non-hydrogen) atoms. The Hall–Kier alpha value is -7.04. The molecule has 2 aliphatic rings. The van der Waals surface area contributed by atoms with E-state index in [0.29, 0.717) is 0 Å². The van der Waals surface area contributed by atoms with Crippen LogP contribution in [-0.2, 0) is 5.41 Å². The summed E-state index contributed by atoms with van der Waals surface area (Å²) in [5.74, 6) is 0. The van der Waals surface area contributed by atoms with E-state index in [4.69, 9.17) is 4.42 Å². The van der Waals surface area contributed by atoms with Gasteiger partial charge >= 0.3 is 0 Å². The summed E-state index contributed by atoms with van der Waals surface area (Å²) in [4.78, 5) is 2.62. The van der Waals surface area contributed by atoms with Crippen molar-refractivity contribution in [2.45, 2.75) is 19.3 Å². The largest absolute Gasteiger partial charge is 0.454 e. The van der Waals surface area contributed by atoms with Gasteiger partial charge in [0.15, 0.2) is 12.9 Å². The van der Waals surface area contributed by atoms with Gasteiger partial charge in [0, 0.05) is 44.2 Å². The van der Waals surface area contributed by atoms with Crippen molar-refractivity contribution in [2.75, 3.05) is 10.2 Å². The monoisotopic (exact) mass is 728 g/mol. The van der Waals surface area contributed by atoms with Crippen molar-refractivity contribution >= 4 is 90.1 Å². The molecule has 1 N–H and O–H groups in total. The minimum atomic E-state index is -0.176. The molecule has 3 nitrogen and oxygen atoms in total. The zero-order valence-electron chi connectivity index (χ0n) is 31.8. The molecule has 0 bridgehead atoms. The van der Waals surface area contributed by atoms with E-state index in [1.165, 1.54) is 77.3 Å². The van der Waals surface area contributed by atoms with Gasteiger partial charge in [-0.2, -0.15) is 0 Å². The maximum Gasteiger partial charge on any atom is 0.198 e. The standard InChI is InChI=1S/C53H37BN2O/c1-53(2)42-22-13-23-44-51(42)56(47-31-34-17-7-6-16-33(34)30-43(47)53)50-37-19-9-8-18-36(37)29-41(49(50)54-44)40-28-35(32-14-4-3-5-15-32)26-27-45(40)55-46-24-12-21-39-38-20-10-11-25-48(38)57-52(39)46/h3-31,54-55H,1-2H3. The molecule has 0 unspecified atom stereocenters. The summed E-state index contributed by atoms with van der Waals surface area (Å²) in [6.07, 6.45) is 0. The normalized spacial score (nSPS) is 13.7. The van der Waals surface area contributed by atoms with Crippen molar-refractivity contribution < 1.29 is 4.42 Å². The Morgan fingerprint density at radius 3 is 2.09 bits per heavy atom. The molecular weight excluding hydrogens is 691 g/mol. The van der Waals surface area contributed by atoms with E-state index >= 15 is 0 Å². The lowest BCUT2D eigenvalue weighted by atomic mass is 9.55. The number of rotatable bonds is 4. The quantitative estimate of drug-likeness (QED) is 0.183. The van der Waals surface area contributed by atoms with Crippen LogP contribution in [0, 0.1) is 0 Å². The number of hydrogen-bond acceptors (Lipinski definition) is 3. The third kappa shape index (κ3) is 4.74. The maximum atomic E-state index is 6.54. The van der Waals surface area contributed by atoms with Crippen molar-refractivity contribution in [3.05, 3.63) is 187 Å². The van der Waals surface area contributed by atoms with Gasteiger partial charge in [0.1, 0.15) is 5.58 Å². The molecule has 0 fully saturated rings. The summed E-state index contributed by atoms with van der Waals surface area (Å²) in [6, 6.07) is 64.3. The van der Waals surface area contributed by atoms with Crippen LogP contribution in [-0.4, -0.2) is 7.28 Å². The fourth-order valence-corrected chi connectivity index (χ4v) is 9.83. The highest BCUT2D eigenvalue weighted by molar-refractivity contribution is 6.74. The first-order valence-corrected chi connectivity index (χ1v) is 19.9. The minimum Gasteiger partial charge on any atom is -0.454 e. The van der Waals surface area contributed by atoms with Crippen LogP contribution >= 0.6 is 0 Å². The van der Waals surface area contributed by atoms with Gasteiger partial charge in [-0.3, -0.25) is 0 Å². The fourth-order valence-electron chi connectivity index (χ4n) is 9.83. The van der Waals surface area contributed by atoms with Crippen molar-refractivity contribution in [2.24, 2.45) is 0 Å². The van der Waals surface area contributed by atoms with E-state index in [-0.39, 0.29) is 5.41 Å². The number of benzene rings is 9. The van der Waals surface area contributed by atoms with E-state index in [1.807, 2.05) is 12.1 Å². The second-order valence-corrected chi connectivity index (χ2v) is 16.2. The number of nitrogens with zero attached hydrogens (tertiary/aromatic N) is 1. The Morgan fingerprint density at radius 1 is 0.509 bits per heavy atom. The first-order chi connectivity index (χ1) is 28.0. The van der Waals surface area contributed by atoms with Gasteiger partial charge in [0.05, 0.1) is 11.4 Å². The van der Waals surface area contributed by atoms with Gasteiger partial charge in [-0.05, 0) is 91.9 Å². The number of nitrogens with one attached hydrogen (secondary N) is 1. The van der Waals surface area contributed by atoms with Crippen molar-refractivity contribution in [1.82, 2.24) is 0 Å². The molecule has 1 aromatic heterocycles. The highest BCUT2D eigenvalue weighted by Crippen LogP contribution is 2.54. The van der Waals surface area contributed by atoms with Crippen molar-refractivity contribution in [3.8, 4) is 22.3 Å². The van der Waals surface area contributed by atoms with Gasteiger partial charge < -0.3 is 14.6 Å². The lowest BCUT2D eigenvalue weighted by molar-refractivity contribution is 0.633. The third-order valence-corrected chi connectivity index (χ3v) is 12.6. The maximum absolute atomic E-state index is 6.54. The summed E-state index contributed by atoms with van der Waals surface area (Å²) >= 11 is 0. The highest BCUT2D eigenvalue weighted by atomic mass is 16.3. The zero-order chi connectivity index (χ0) is 37.8. The Balaban J connectivity index is 1.15. The van der Waals surface area contributed by atoms with Crippen LogP contribution < -0.4 is 21.1 Å². The molecule has 10 aromatic rings. The lowest BCUT2D eigenvalue weighted by Gasteiger charge is -2.46. The van der Waals surface area contributed by atoms with Crippen LogP contribution in [0.5, 0.6) is 0 Å². The van der Waals surface area contributed by atoms with Crippen LogP contribution in [0.25, 0.3) is 65.7 Å². The predicted octanol–water partition coefficient (Wildman–Crippen LogP) is 12.8. The van der Waals surface area contributed by atoms with Gasteiger partial charge in [-0.25, -0.2) is 0 Å². The molecule has 0 amide bonds. The SMILES string of the molecule is CC1(C)c2cc3ccccc3cc2N2c3c(cccc31)Bc1c(-c3cc(-c4ccccc4)ccc3Nc3cccc4c3oc3ccccc34)cc3ccccc3c12. The topological polar surface area (TPSA) is 28.4 Å². The third-order valence-electron chi connectivity index (χ3n) is 12.6. The van der Waals surface area contributed by atoms with Gasteiger partial charge in [0.2, 0.25) is 0 Å². The van der Waals surface area contributed by atoms with Gasteiger partial charge in [-0.1, -0.05) is 153 Å². The average molecular weight is 729 g/mol. The minimum absolute atomic E-state index is 0.176. The second-order valence-electron chi connectivity index (χ2n) is 16.2. The van der Waals surface area contributed by atoms with E-state index < -0.39 is 0 Å². The van der Waals surface area contributed by atoms with Gasteiger partial charge in [0.25, 0.3) is 0 Å². The summed E-state index contributed by atoms with van der Waals surface area (Å²) in [6.45, 7) is 4.79. The number of hydrogen-bond donors (Lipinski definition) is 1. The number of anilines is 5. The van der Waals surface area contributed by atoms with Crippen LogP contribution in [0.4, 0.5) is 28.4 Å². The summed E-state index contributed by atoms with van der Waals surface area (Å²) in [7, 11) is 0.822. The first kappa shape index (κ1) is 32.2. The summed E-state index contributed by atoms with van der Waals surface area (Å²) in [5, 5.41) is 11.1. The van der Waals surface area contributed by atoms with Crippen LogP contribution in [0.2, 0.25) is 0 Å². The Labute approximate surface area is 332 Å². The molecule has 268 valence electrons. The molecule has 0 radical (unpaired) electrons. The highest BCUT2D eigenvalue weighted by Gasteiger charge is 2.42. The fraction of sp³-hybridized carbons (Fsp3) is 0.0566. The average Bonchev–Trinajstić information content (AvgIpc) is 3.64. The van der Waals surface area contributed by atoms with E-state index in [9.17, 15) is 0 Å². The molecule has 12 rings (SSSR count). The van der Waals surface area contributed by atoms with E-state index in [0.717, 1.165) is 46.2 Å². The first-order valence-electron chi connectivity index (χ1n) is 19.9. The van der Waals surface area contributed by atoms with Gasteiger partial charge in [-0.15, -0.1) is 0 Å². The predicted molar refractivity (Wildman–Crippen MR) is 243 cm³/mol. The molecule has 3 heterocycles. The number of para-hydroxylation sites is 3. The van der Waals surface area contributed by atoms with Crippen molar-refractivity contribution in [3.63, 3.8) is 0 Å². The smallest absolute Gasteiger partial charge is 0.198 e.